The Morgan fingerprint density at radius 3 is 2.58 bits per heavy atom. The molecule has 4 heteroatoms. The molecule has 0 unspecified atom stereocenters. The van der Waals surface area contributed by atoms with Gasteiger partial charge in [-0.2, -0.15) is 0 Å². The Morgan fingerprint density at radius 1 is 1.16 bits per heavy atom. The van der Waals surface area contributed by atoms with Crippen LogP contribution >= 0.6 is 0 Å². The van der Waals surface area contributed by atoms with Crippen molar-refractivity contribution < 1.29 is 0 Å². The summed E-state index contributed by atoms with van der Waals surface area (Å²) in [6.45, 7) is 6.72. The zero-order valence-electron chi connectivity index (χ0n) is 11.9. The molecule has 1 heterocycles. The van der Waals surface area contributed by atoms with Crippen LogP contribution in [0.2, 0.25) is 0 Å². The van der Waals surface area contributed by atoms with Crippen LogP contribution in [0.4, 0.5) is 11.6 Å². The van der Waals surface area contributed by atoms with Gasteiger partial charge in [0.15, 0.2) is 0 Å². The molecular weight excluding hydrogens is 236 g/mol. The Labute approximate surface area is 114 Å². The third-order valence-electron chi connectivity index (χ3n) is 3.13. The van der Waals surface area contributed by atoms with Gasteiger partial charge < -0.3 is 10.6 Å². The lowest BCUT2D eigenvalue weighted by Gasteiger charge is -2.21. The molecule has 0 saturated heterocycles. The highest BCUT2D eigenvalue weighted by Gasteiger charge is 2.11. The average molecular weight is 256 g/mol. The fourth-order valence-electron chi connectivity index (χ4n) is 2.17. The van der Waals surface area contributed by atoms with Crippen molar-refractivity contribution in [3.05, 3.63) is 46.8 Å². The van der Waals surface area contributed by atoms with E-state index in [-0.39, 0.29) is 0 Å². The van der Waals surface area contributed by atoms with E-state index in [1.807, 2.05) is 20.9 Å². The van der Waals surface area contributed by atoms with Gasteiger partial charge in [-0.3, -0.25) is 0 Å². The SMILES string of the molecule is Cc1cccc(CN(C)c2nc(C)nc(N)c2C)c1. The third-order valence-corrected chi connectivity index (χ3v) is 3.13. The average Bonchev–Trinajstić information content (AvgIpc) is 2.33. The molecular formula is C15H20N4. The van der Waals surface area contributed by atoms with E-state index < -0.39 is 0 Å². The van der Waals surface area contributed by atoms with Crippen LogP contribution in [0.25, 0.3) is 0 Å². The molecule has 0 aliphatic rings. The van der Waals surface area contributed by atoms with Crippen LogP contribution in [0.15, 0.2) is 24.3 Å². The monoisotopic (exact) mass is 256 g/mol. The summed E-state index contributed by atoms with van der Waals surface area (Å²) in [5, 5.41) is 0. The third kappa shape index (κ3) is 3.02. The summed E-state index contributed by atoms with van der Waals surface area (Å²) in [6.07, 6.45) is 0. The van der Waals surface area contributed by atoms with Crippen molar-refractivity contribution in [2.24, 2.45) is 0 Å². The summed E-state index contributed by atoms with van der Waals surface area (Å²) in [5.74, 6) is 2.15. The topological polar surface area (TPSA) is 55.0 Å². The minimum atomic E-state index is 0.554. The van der Waals surface area contributed by atoms with Gasteiger partial charge in [-0.05, 0) is 26.3 Å². The number of hydrogen-bond acceptors (Lipinski definition) is 4. The molecule has 4 nitrogen and oxygen atoms in total. The van der Waals surface area contributed by atoms with Crippen LogP contribution < -0.4 is 10.6 Å². The van der Waals surface area contributed by atoms with Gasteiger partial charge in [0.05, 0.1) is 0 Å². The van der Waals surface area contributed by atoms with Crippen LogP contribution in [0.1, 0.15) is 22.5 Å². The van der Waals surface area contributed by atoms with Crippen molar-refractivity contribution in [1.29, 1.82) is 0 Å². The fourth-order valence-corrected chi connectivity index (χ4v) is 2.17. The maximum Gasteiger partial charge on any atom is 0.137 e. The number of nitrogen functional groups attached to an aromatic ring is 1. The Kier molecular flexibility index (Phi) is 3.69. The Balaban J connectivity index is 2.27. The highest BCUT2D eigenvalue weighted by molar-refractivity contribution is 5.56. The summed E-state index contributed by atoms with van der Waals surface area (Å²) in [5.41, 5.74) is 9.36. The van der Waals surface area contributed by atoms with Crippen molar-refractivity contribution in [3.63, 3.8) is 0 Å². The summed E-state index contributed by atoms with van der Waals surface area (Å²) in [4.78, 5) is 10.8. The lowest BCUT2D eigenvalue weighted by Crippen LogP contribution is -2.20. The van der Waals surface area contributed by atoms with Gasteiger partial charge in [0.1, 0.15) is 17.5 Å². The Bertz CT molecular complexity index is 593. The van der Waals surface area contributed by atoms with Crippen molar-refractivity contribution in [2.75, 3.05) is 17.7 Å². The molecule has 100 valence electrons. The molecule has 0 aliphatic carbocycles. The number of nitrogens with zero attached hydrogens (tertiary/aromatic N) is 3. The molecule has 0 aliphatic heterocycles. The molecule has 0 bridgehead atoms. The minimum absolute atomic E-state index is 0.554. The van der Waals surface area contributed by atoms with Crippen molar-refractivity contribution >= 4 is 11.6 Å². The van der Waals surface area contributed by atoms with Gasteiger partial charge in [0, 0.05) is 19.2 Å². The largest absolute Gasteiger partial charge is 0.383 e. The Hall–Kier alpha value is -2.10. The fraction of sp³-hybridized carbons (Fsp3) is 0.333. The molecule has 19 heavy (non-hydrogen) atoms. The van der Waals surface area contributed by atoms with E-state index >= 15 is 0 Å². The van der Waals surface area contributed by atoms with Crippen LogP contribution in [-0.2, 0) is 6.54 Å². The number of hydrogen-bond donors (Lipinski definition) is 1. The predicted octanol–water partition coefficient (Wildman–Crippen LogP) is 2.62. The van der Waals surface area contributed by atoms with Crippen LogP contribution in [0, 0.1) is 20.8 Å². The first kappa shape index (κ1) is 13.3. The number of aromatic nitrogens is 2. The van der Waals surface area contributed by atoms with Crippen LogP contribution in [-0.4, -0.2) is 17.0 Å². The molecule has 0 saturated carbocycles. The van der Waals surface area contributed by atoms with E-state index in [1.54, 1.807) is 0 Å². The summed E-state index contributed by atoms with van der Waals surface area (Å²) in [7, 11) is 2.02. The quantitative estimate of drug-likeness (QED) is 0.917. The molecule has 2 rings (SSSR count). The summed E-state index contributed by atoms with van der Waals surface area (Å²) in [6, 6.07) is 8.48. The summed E-state index contributed by atoms with van der Waals surface area (Å²) < 4.78 is 0. The summed E-state index contributed by atoms with van der Waals surface area (Å²) >= 11 is 0. The molecule has 1 aromatic carbocycles. The van der Waals surface area contributed by atoms with Crippen LogP contribution in [0.3, 0.4) is 0 Å². The van der Waals surface area contributed by atoms with E-state index in [4.69, 9.17) is 5.73 Å². The first-order valence-electron chi connectivity index (χ1n) is 6.35. The van der Waals surface area contributed by atoms with E-state index in [1.165, 1.54) is 11.1 Å². The lowest BCUT2D eigenvalue weighted by atomic mass is 10.1. The van der Waals surface area contributed by atoms with Gasteiger partial charge >= 0.3 is 0 Å². The molecule has 2 N–H and O–H groups in total. The van der Waals surface area contributed by atoms with E-state index in [9.17, 15) is 0 Å². The van der Waals surface area contributed by atoms with Gasteiger partial charge in [-0.1, -0.05) is 29.8 Å². The van der Waals surface area contributed by atoms with Gasteiger partial charge in [-0.25, -0.2) is 9.97 Å². The minimum Gasteiger partial charge on any atom is -0.383 e. The number of benzene rings is 1. The molecule has 0 fully saturated rings. The smallest absolute Gasteiger partial charge is 0.137 e. The predicted molar refractivity (Wildman–Crippen MR) is 79.2 cm³/mol. The highest BCUT2D eigenvalue weighted by atomic mass is 15.2. The van der Waals surface area contributed by atoms with E-state index in [0.29, 0.717) is 11.6 Å². The lowest BCUT2D eigenvalue weighted by molar-refractivity contribution is 0.871. The normalized spacial score (nSPS) is 10.5. The van der Waals surface area contributed by atoms with Crippen molar-refractivity contribution in [2.45, 2.75) is 27.3 Å². The van der Waals surface area contributed by atoms with Crippen molar-refractivity contribution in [1.82, 2.24) is 9.97 Å². The molecule has 1 aromatic heterocycles. The molecule has 0 radical (unpaired) electrons. The first-order valence-corrected chi connectivity index (χ1v) is 6.35. The number of rotatable bonds is 3. The molecule has 2 aromatic rings. The number of aryl methyl sites for hydroxylation is 2. The zero-order valence-corrected chi connectivity index (χ0v) is 11.9. The second kappa shape index (κ2) is 5.26. The zero-order chi connectivity index (χ0) is 14.0. The second-order valence-electron chi connectivity index (χ2n) is 4.95. The standard InChI is InChI=1S/C15H20N4/c1-10-6-5-7-13(8-10)9-19(4)15-11(2)14(16)17-12(3)18-15/h5-8H,9H2,1-4H3,(H2,16,17,18). The number of nitrogens with two attached hydrogens (primary N) is 1. The van der Waals surface area contributed by atoms with Crippen molar-refractivity contribution in [3.8, 4) is 0 Å². The Morgan fingerprint density at radius 2 is 1.89 bits per heavy atom. The maximum atomic E-state index is 5.90. The van der Waals surface area contributed by atoms with Gasteiger partial charge in [-0.15, -0.1) is 0 Å². The molecule has 0 spiro atoms. The van der Waals surface area contributed by atoms with Gasteiger partial charge in [0.2, 0.25) is 0 Å². The van der Waals surface area contributed by atoms with E-state index in [0.717, 1.165) is 17.9 Å². The maximum absolute atomic E-state index is 5.90. The highest BCUT2D eigenvalue weighted by Crippen LogP contribution is 2.22. The molecule has 0 amide bonds. The first-order chi connectivity index (χ1) is 8.97. The van der Waals surface area contributed by atoms with Gasteiger partial charge in [0.25, 0.3) is 0 Å². The molecule has 0 atom stereocenters. The van der Waals surface area contributed by atoms with Crippen LogP contribution in [0.5, 0.6) is 0 Å². The second-order valence-corrected chi connectivity index (χ2v) is 4.95. The van der Waals surface area contributed by atoms with E-state index in [2.05, 4.69) is 46.1 Å². The number of anilines is 2.